The van der Waals surface area contributed by atoms with Crippen LogP contribution in [0.2, 0.25) is 0 Å². The zero-order valence-corrected chi connectivity index (χ0v) is 10.6. The maximum absolute atomic E-state index is 13.7. The Morgan fingerprint density at radius 3 is 2.94 bits per heavy atom. The molecule has 1 atom stereocenters. The standard InChI is InChI=1S/C12H13BrFNO/c1-8-4-3-7-15(8)12(16)9-5-2-6-10(13)11(9)14/h2,5-6,8H,3-4,7H2,1H3/t8-/m0/s1. The molecule has 1 aromatic carbocycles. The quantitative estimate of drug-likeness (QED) is 0.776. The monoisotopic (exact) mass is 285 g/mol. The Labute approximate surface area is 103 Å². The lowest BCUT2D eigenvalue weighted by atomic mass is 10.1. The molecule has 16 heavy (non-hydrogen) atoms. The van der Waals surface area contributed by atoms with Crippen molar-refractivity contribution in [3.63, 3.8) is 0 Å². The molecule has 86 valence electrons. The Kier molecular flexibility index (Phi) is 3.28. The van der Waals surface area contributed by atoms with E-state index in [4.69, 9.17) is 0 Å². The maximum Gasteiger partial charge on any atom is 0.257 e. The van der Waals surface area contributed by atoms with E-state index in [1.165, 1.54) is 6.07 Å². The highest BCUT2D eigenvalue weighted by Gasteiger charge is 2.27. The van der Waals surface area contributed by atoms with E-state index in [0.29, 0.717) is 4.47 Å². The average Bonchev–Trinajstić information content (AvgIpc) is 2.68. The summed E-state index contributed by atoms with van der Waals surface area (Å²) in [4.78, 5) is 13.8. The number of amides is 1. The Morgan fingerprint density at radius 2 is 2.31 bits per heavy atom. The molecule has 1 aliphatic heterocycles. The first-order chi connectivity index (χ1) is 7.61. The second-order valence-corrected chi connectivity index (χ2v) is 4.95. The van der Waals surface area contributed by atoms with Gasteiger partial charge in [0.2, 0.25) is 0 Å². The van der Waals surface area contributed by atoms with E-state index in [1.54, 1.807) is 17.0 Å². The molecule has 1 saturated heterocycles. The van der Waals surface area contributed by atoms with Gasteiger partial charge in [-0.2, -0.15) is 0 Å². The van der Waals surface area contributed by atoms with E-state index in [1.807, 2.05) is 6.92 Å². The van der Waals surface area contributed by atoms with Crippen LogP contribution in [0, 0.1) is 5.82 Å². The highest BCUT2D eigenvalue weighted by atomic mass is 79.9. The van der Waals surface area contributed by atoms with Crippen molar-refractivity contribution in [3.05, 3.63) is 34.1 Å². The summed E-state index contributed by atoms with van der Waals surface area (Å²) in [6.45, 7) is 2.73. The van der Waals surface area contributed by atoms with Gasteiger partial charge in [0, 0.05) is 12.6 Å². The van der Waals surface area contributed by atoms with Gasteiger partial charge < -0.3 is 4.90 Å². The first kappa shape index (κ1) is 11.6. The fraction of sp³-hybridized carbons (Fsp3) is 0.417. The Bertz CT molecular complexity index is 421. The van der Waals surface area contributed by atoms with E-state index in [0.717, 1.165) is 19.4 Å². The van der Waals surface area contributed by atoms with Crippen LogP contribution in [0.25, 0.3) is 0 Å². The molecule has 1 amide bonds. The van der Waals surface area contributed by atoms with Crippen LogP contribution in [0.3, 0.4) is 0 Å². The number of halogens is 2. The molecule has 1 fully saturated rings. The van der Waals surface area contributed by atoms with Crippen molar-refractivity contribution in [3.8, 4) is 0 Å². The van der Waals surface area contributed by atoms with Gasteiger partial charge in [-0.25, -0.2) is 4.39 Å². The third-order valence-corrected chi connectivity index (χ3v) is 3.61. The third-order valence-electron chi connectivity index (χ3n) is 3.00. The lowest BCUT2D eigenvalue weighted by Gasteiger charge is -2.21. The molecule has 0 bridgehead atoms. The van der Waals surface area contributed by atoms with Crippen LogP contribution >= 0.6 is 15.9 Å². The van der Waals surface area contributed by atoms with Crippen molar-refractivity contribution in [2.24, 2.45) is 0 Å². The van der Waals surface area contributed by atoms with Gasteiger partial charge in [0.25, 0.3) is 5.91 Å². The van der Waals surface area contributed by atoms with E-state index < -0.39 is 5.82 Å². The molecular formula is C12H13BrFNO. The summed E-state index contributed by atoms with van der Waals surface area (Å²) < 4.78 is 14.1. The lowest BCUT2D eigenvalue weighted by Crippen LogP contribution is -2.34. The number of carbonyl (C=O) groups is 1. The van der Waals surface area contributed by atoms with Crippen LogP contribution in [-0.4, -0.2) is 23.4 Å². The molecule has 1 heterocycles. The minimum atomic E-state index is -0.466. The van der Waals surface area contributed by atoms with Gasteiger partial charge in [0.05, 0.1) is 10.0 Å². The smallest absolute Gasteiger partial charge is 0.257 e. The Morgan fingerprint density at radius 1 is 1.56 bits per heavy atom. The van der Waals surface area contributed by atoms with Gasteiger partial charge in [0.1, 0.15) is 5.82 Å². The molecule has 0 unspecified atom stereocenters. The topological polar surface area (TPSA) is 20.3 Å². The van der Waals surface area contributed by atoms with E-state index in [-0.39, 0.29) is 17.5 Å². The normalized spacial score (nSPS) is 20.2. The van der Waals surface area contributed by atoms with Crippen LogP contribution < -0.4 is 0 Å². The van der Waals surface area contributed by atoms with Crippen LogP contribution in [0.4, 0.5) is 4.39 Å². The predicted octanol–water partition coefficient (Wildman–Crippen LogP) is 3.21. The zero-order valence-electron chi connectivity index (χ0n) is 9.04. The number of nitrogens with zero attached hydrogens (tertiary/aromatic N) is 1. The SMILES string of the molecule is C[C@H]1CCCN1C(=O)c1cccc(Br)c1F. The van der Waals surface area contributed by atoms with Crippen LogP contribution in [0.5, 0.6) is 0 Å². The molecule has 0 radical (unpaired) electrons. The van der Waals surface area contributed by atoms with E-state index in [2.05, 4.69) is 15.9 Å². The van der Waals surface area contributed by atoms with Gasteiger partial charge in [-0.1, -0.05) is 6.07 Å². The third kappa shape index (κ3) is 1.98. The summed E-state index contributed by atoms with van der Waals surface area (Å²) in [5.74, 6) is -0.671. The number of carbonyl (C=O) groups excluding carboxylic acids is 1. The van der Waals surface area contributed by atoms with Crippen LogP contribution in [0.15, 0.2) is 22.7 Å². The first-order valence-electron chi connectivity index (χ1n) is 5.36. The fourth-order valence-electron chi connectivity index (χ4n) is 2.06. The molecule has 1 aromatic rings. The number of hydrogen-bond donors (Lipinski definition) is 0. The average molecular weight is 286 g/mol. The number of likely N-dealkylation sites (tertiary alicyclic amines) is 1. The predicted molar refractivity (Wildman–Crippen MR) is 63.8 cm³/mol. The molecule has 0 aromatic heterocycles. The molecule has 2 nitrogen and oxygen atoms in total. The summed E-state index contributed by atoms with van der Waals surface area (Å²) in [6.07, 6.45) is 2.00. The van der Waals surface area contributed by atoms with Crippen molar-refractivity contribution >= 4 is 21.8 Å². The molecular weight excluding hydrogens is 273 g/mol. The van der Waals surface area contributed by atoms with Gasteiger partial charge in [-0.15, -0.1) is 0 Å². The number of rotatable bonds is 1. The van der Waals surface area contributed by atoms with Gasteiger partial charge >= 0.3 is 0 Å². The summed E-state index contributed by atoms with van der Waals surface area (Å²) in [5.41, 5.74) is 0.156. The summed E-state index contributed by atoms with van der Waals surface area (Å²) >= 11 is 3.09. The zero-order chi connectivity index (χ0) is 11.7. The minimum Gasteiger partial charge on any atom is -0.336 e. The van der Waals surface area contributed by atoms with E-state index >= 15 is 0 Å². The highest BCUT2D eigenvalue weighted by Crippen LogP contribution is 2.24. The van der Waals surface area contributed by atoms with Gasteiger partial charge in [-0.05, 0) is 47.8 Å². The second kappa shape index (κ2) is 4.53. The van der Waals surface area contributed by atoms with Crippen molar-refractivity contribution in [2.75, 3.05) is 6.54 Å². The molecule has 0 saturated carbocycles. The summed E-state index contributed by atoms with van der Waals surface area (Å²) in [6, 6.07) is 5.03. The molecule has 1 aliphatic rings. The Hall–Kier alpha value is -0.900. The highest BCUT2D eigenvalue weighted by molar-refractivity contribution is 9.10. The summed E-state index contributed by atoms with van der Waals surface area (Å²) in [7, 11) is 0. The van der Waals surface area contributed by atoms with Gasteiger partial charge in [-0.3, -0.25) is 4.79 Å². The van der Waals surface area contributed by atoms with Gasteiger partial charge in [0.15, 0.2) is 0 Å². The molecule has 2 rings (SSSR count). The summed E-state index contributed by atoms with van der Waals surface area (Å²) in [5, 5.41) is 0. The first-order valence-corrected chi connectivity index (χ1v) is 6.15. The lowest BCUT2D eigenvalue weighted by molar-refractivity contribution is 0.0742. The van der Waals surface area contributed by atoms with E-state index in [9.17, 15) is 9.18 Å². The van der Waals surface area contributed by atoms with Crippen molar-refractivity contribution in [1.29, 1.82) is 0 Å². The molecule has 4 heteroatoms. The minimum absolute atomic E-state index is 0.156. The molecule has 0 N–H and O–H groups in total. The maximum atomic E-state index is 13.7. The number of benzene rings is 1. The largest absolute Gasteiger partial charge is 0.336 e. The van der Waals surface area contributed by atoms with Crippen LogP contribution in [-0.2, 0) is 0 Å². The van der Waals surface area contributed by atoms with Crippen LogP contribution in [0.1, 0.15) is 30.1 Å². The second-order valence-electron chi connectivity index (χ2n) is 4.09. The number of hydrogen-bond acceptors (Lipinski definition) is 1. The molecule has 0 aliphatic carbocycles. The Balaban J connectivity index is 2.30. The van der Waals surface area contributed by atoms with Crippen molar-refractivity contribution in [1.82, 2.24) is 4.90 Å². The fourth-order valence-corrected chi connectivity index (χ4v) is 2.42. The molecule has 0 spiro atoms. The van der Waals surface area contributed by atoms with Crippen molar-refractivity contribution < 1.29 is 9.18 Å². The van der Waals surface area contributed by atoms with Crippen molar-refractivity contribution in [2.45, 2.75) is 25.8 Å².